The summed E-state index contributed by atoms with van der Waals surface area (Å²) in [5.74, 6) is 1.11. The molecule has 0 aliphatic heterocycles. The fourth-order valence-corrected chi connectivity index (χ4v) is 2.11. The third kappa shape index (κ3) is 3.20. The molecule has 3 aromatic heterocycles. The zero-order valence-corrected chi connectivity index (χ0v) is 12.5. The average Bonchev–Trinajstić information content (AvgIpc) is 3.24. The number of nitrogens with zero attached hydrogens (tertiary/aromatic N) is 5. The van der Waals surface area contributed by atoms with Crippen LogP contribution in [0.5, 0.6) is 0 Å². The summed E-state index contributed by atoms with van der Waals surface area (Å²) in [4.78, 5) is 8.42. The van der Waals surface area contributed by atoms with Gasteiger partial charge in [-0.1, -0.05) is 5.16 Å². The Hall–Kier alpha value is -2.54. The van der Waals surface area contributed by atoms with E-state index in [0.29, 0.717) is 18.3 Å². The number of hydrogen-bond acceptors (Lipinski definition) is 6. The van der Waals surface area contributed by atoms with Gasteiger partial charge in [0, 0.05) is 36.4 Å². The van der Waals surface area contributed by atoms with E-state index in [2.05, 4.69) is 39.4 Å². The molecule has 3 aromatic rings. The predicted octanol–water partition coefficient (Wildman–Crippen LogP) is 2.07. The lowest BCUT2D eigenvalue weighted by atomic mass is 10.2. The first kappa shape index (κ1) is 14.4. The highest BCUT2D eigenvalue weighted by Crippen LogP contribution is 2.14. The van der Waals surface area contributed by atoms with Crippen molar-refractivity contribution in [2.45, 2.75) is 32.5 Å². The maximum atomic E-state index is 5.27. The molecule has 0 fully saturated rings. The average molecular weight is 298 g/mol. The van der Waals surface area contributed by atoms with Gasteiger partial charge in [0.25, 0.3) is 0 Å². The summed E-state index contributed by atoms with van der Waals surface area (Å²) in [5, 5.41) is 11.6. The molecule has 0 amide bonds. The van der Waals surface area contributed by atoms with Gasteiger partial charge in [-0.3, -0.25) is 9.67 Å². The quantitative estimate of drug-likeness (QED) is 0.750. The van der Waals surface area contributed by atoms with Gasteiger partial charge in [-0.05, 0) is 32.0 Å². The van der Waals surface area contributed by atoms with E-state index in [1.807, 2.05) is 29.1 Å². The second-order valence-corrected chi connectivity index (χ2v) is 5.15. The van der Waals surface area contributed by atoms with E-state index in [1.165, 1.54) is 0 Å². The zero-order valence-electron chi connectivity index (χ0n) is 12.5. The van der Waals surface area contributed by atoms with Crippen LogP contribution in [0.2, 0.25) is 0 Å². The van der Waals surface area contributed by atoms with E-state index in [4.69, 9.17) is 4.52 Å². The fraction of sp³-hybridized carbons (Fsp3) is 0.333. The monoisotopic (exact) mass is 298 g/mol. The van der Waals surface area contributed by atoms with Gasteiger partial charge < -0.3 is 9.84 Å². The first-order valence-electron chi connectivity index (χ1n) is 7.19. The molecular formula is C15H18N6O. The van der Waals surface area contributed by atoms with Crippen molar-refractivity contribution in [1.82, 2.24) is 30.2 Å². The Kier molecular flexibility index (Phi) is 4.24. The second kappa shape index (κ2) is 6.48. The fourth-order valence-electron chi connectivity index (χ4n) is 2.11. The van der Waals surface area contributed by atoms with Crippen molar-refractivity contribution in [1.29, 1.82) is 0 Å². The lowest BCUT2D eigenvalue weighted by Crippen LogP contribution is -2.33. The van der Waals surface area contributed by atoms with Gasteiger partial charge >= 0.3 is 0 Å². The molecule has 0 aromatic carbocycles. The van der Waals surface area contributed by atoms with E-state index in [9.17, 15) is 0 Å². The third-order valence-corrected chi connectivity index (χ3v) is 3.63. The smallest absolute Gasteiger partial charge is 0.240 e. The van der Waals surface area contributed by atoms with Crippen LogP contribution in [0.4, 0.5) is 0 Å². The summed E-state index contributed by atoms with van der Waals surface area (Å²) in [7, 11) is 0. The number of rotatable bonds is 6. The SMILES string of the molecule is CC(NCc1nc(-c2cccnc2)no1)C(C)n1cccn1. The number of nitrogens with one attached hydrogen (secondary N) is 1. The van der Waals surface area contributed by atoms with Crippen molar-refractivity contribution in [2.75, 3.05) is 0 Å². The largest absolute Gasteiger partial charge is 0.338 e. The first-order valence-corrected chi connectivity index (χ1v) is 7.19. The Morgan fingerprint density at radius 3 is 2.91 bits per heavy atom. The van der Waals surface area contributed by atoms with Crippen LogP contribution in [0.3, 0.4) is 0 Å². The van der Waals surface area contributed by atoms with Crippen molar-refractivity contribution < 1.29 is 4.52 Å². The lowest BCUT2D eigenvalue weighted by molar-refractivity contribution is 0.325. The van der Waals surface area contributed by atoms with Crippen LogP contribution >= 0.6 is 0 Å². The highest BCUT2D eigenvalue weighted by molar-refractivity contribution is 5.51. The Labute approximate surface area is 128 Å². The first-order chi connectivity index (χ1) is 10.7. The molecule has 22 heavy (non-hydrogen) atoms. The number of aromatic nitrogens is 5. The lowest BCUT2D eigenvalue weighted by Gasteiger charge is -2.20. The molecule has 3 rings (SSSR count). The molecule has 114 valence electrons. The van der Waals surface area contributed by atoms with Crippen molar-refractivity contribution >= 4 is 0 Å². The predicted molar refractivity (Wildman–Crippen MR) is 80.8 cm³/mol. The molecule has 0 aliphatic rings. The molecule has 2 unspecified atom stereocenters. The van der Waals surface area contributed by atoms with Gasteiger partial charge in [0.15, 0.2) is 0 Å². The minimum absolute atomic E-state index is 0.216. The molecule has 0 bridgehead atoms. The van der Waals surface area contributed by atoms with E-state index < -0.39 is 0 Å². The molecular weight excluding hydrogens is 280 g/mol. The van der Waals surface area contributed by atoms with Gasteiger partial charge in [-0.25, -0.2) is 0 Å². The Morgan fingerprint density at radius 2 is 2.18 bits per heavy atom. The topological polar surface area (TPSA) is 81.7 Å². The number of hydrogen-bond donors (Lipinski definition) is 1. The van der Waals surface area contributed by atoms with Crippen molar-refractivity contribution in [3.8, 4) is 11.4 Å². The van der Waals surface area contributed by atoms with Crippen LogP contribution in [0.25, 0.3) is 11.4 Å². The van der Waals surface area contributed by atoms with E-state index in [1.54, 1.807) is 18.6 Å². The summed E-state index contributed by atoms with van der Waals surface area (Å²) in [6.07, 6.45) is 7.16. The molecule has 7 nitrogen and oxygen atoms in total. The Morgan fingerprint density at radius 1 is 1.27 bits per heavy atom. The minimum atomic E-state index is 0.216. The molecule has 0 saturated carbocycles. The van der Waals surface area contributed by atoms with Crippen LogP contribution in [-0.2, 0) is 6.54 Å². The minimum Gasteiger partial charge on any atom is -0.338 e. The standard InChI is InChI=1S/C15H18N6O/c1-11(12(2)21-8-4-7-18-21)17-10-14-19-15(20-22-14)13-5-3-6-16-9-13/h3-9,11-12,17H,10H2,1-2H3. The summed E-state index contributed by atoms with van der Waals surface area (Å²) in [6, 6.07) is 6.11. The molecule has 2 atom stereocenters. The zero-order chi connectivity index (χ0) is 15.4. The highest BCUT2D eigenvalue weighted by Gasteiger charge is 2.15. The van der Waals surface area contributed by atoms with Crippen LogP contribution in [0.1, 0.15) is 25.8 Å². The third-order valence-electron chi connectivity index (χ3n) is 3.63. The number of pyridine rings is 1. The molecule has 1 N–H and O–H groups in total. The maximum Gasteiger partial charge on any atom is 0.240 e. The second-order valence-electron chi connectivity index (χ2n) is 5.15. The molecule has 0 aliphatic carbocycles. The Bertz CT molecular complexity index is 694. The highest BCUT2D eigenvalue weighted by atomic mass is 16.5. The van der Waals surface area contributed by atoms with Crippen LogP contribution in [0.15, 0.2) is 47.5 Å². The van der Waals surface area contributed by atoms with Gasteiger partial charge in [0.05, 0.1) is 12.6 Å². The molecule has 3 heterocycles. The normalized spacial score (nSPS) is 13.9. The van der Waals surface area contributed by atoms with Gasteiger partial charge in [0.1, 0.15) is 0 Å². The van der Waals surface area contributed by atoms with Crippen molar-refractivity contribution in [3.05, 3.63) is 48.9 Å². The van der Waals surface area contributed by atoms with Gasteiger partial charge in [-0.2, -0.15) is 10.1 Å². The van der Waals surface area contributed by atoms with Crippen molar-refractivity contribution in [3.63, 3.8) is 0 Å². The summed E-state index contributed by atoms with van der Waals surface area (Å²) < 4.78 is 7.19. The van der Waals surface area contributed by atoms with Gasteiger partial charge in [-0.15, -0.1) is 0 Å². The summed E-state index contributed by atoms with van der Waals surface area (Å²) in [6.45, 7) is 4.73. The Balaban J connectivity index is 1.59. The van der Waals surface area contributed by atoms with E-state index >= 15 is 0 Å². The summed E-state index contributed by atoms with van der Waals surface area (Å²) in [5.41, 5.74) is 0.843. The van der Waals surface area contributed by atoms with Crippen LogP contribution < -0.4 is 5.32 Å². The maximum absolute atomic E-state index is 5.27. The van der Waals surface area contributed by atoms with Gasteiger partial charge in [0.2, 0.25) is 11.7 Å². The van der Waals surface area contributed by atoms with E-state index in [0.717, 1.165) is 5.56 Å². The van der Waals surface area contributed by atoms with Crippen molar-refractivity contribution in [2.24, 2.45) is 0 Å². The molecule has 7 heteroatoms. The summed E-state index contributed by atoms with van der Waals surface area (Å²) >= 11 is 0. The molecule has 0 radical (unpaired) electrons. The van der Waals surface area contributed by atoms with Crippen LogP contribution in [0, 0.1) is 0 Å². The molecule has 0 spiro atoms. The molecule has 0 saturated heterocycles. The van der Waals surface area contributed by atoms with Crippen LogP contribution in [-0.4, -0.2) is 30.9 Å². The van der Waals surface area contributed by atoms with E-state index in [-0.39, 0.29) is 12.1 Å².